The molecule has 2 aromatic carbocycles. The predicted octanol–water partition coefficient (Wildman–Crippen LogP) is 4.33. The van der Waals surface area contributed by atoms with Gasteiger partial charge in [-0.15, -0.1) is 11.3 Å². The number of para-hydroxylation sites is 1. The molecular formula is C21H15ClN4O2S. The molecule has 0 aliphatic carbocycles. The van der Waals surface area contributed by atoms with Gasteiger partial charge in [0.25, 0.3) is 11.8 Å². The van der Waals surface area contributed by atoms with E-state index >= 15 is 0 Å². The third-order valence-electron chi connectivity index (χ3n) is 4.11. The normalized spacial score (nSPS) is 10.5. The number of carbonyl (C=O) groups excluding carboxylic acids is 2. The van der Waals surface area contributed by atoms with Crippen LogP contribution in [0.15, 0.2) is 79.0 Å². The maximum Gasteiger partial charge on any atom is 0.279 e. The fourth-order valence-electron chi connectivity index (χ4n) is 2.74. The van der Waals surface area contributed by atoms with Gasteiger partial charge < -0.3 is 0 Å². The van der Waals surface area contributed by atoms with E-state index in [1.54, 1.807) is 23.0 Å². The predicted molar refractivity (Wildman–Crippen MR) is 113 cm³/mol. The third kappa shape index (κ3) is 4.21. The summed E-state index contributed by atoms with van der Waals surface area (Å²) in [5, 5.41) is 4.59. The number of nitrogens with one attached hydrogen (secondary N) is 2. The minimum Gasteiger partial charge on any atom is -0.267 e. The van der Waals surface area contributed by atoms with Crippen LogP contribution in [0.2, 0.25) is 4.34 Å². The van der Waals surface area contributed by atoms with Gasteiger partial charge in [-0.05, 0) is 24.3 Å². The summed E-state index contributed by atoms with van der Waals surface area (Å²) >= 11 is 6.98. The second-order valence-corrected chi connectivity index (χ2v) is 7.76. The largest absolute Gasteiger partial charge is 0.279 e. The molecule has 6 nitrogen and oxygen atoms in total. The molecule has 0 saturated heterocycles. The van der Waals surface area contributed by atoms with Crippen LogP contribution in [0.25, 0.3) is 16.9 Å². The summed E-state index contributed by atoms with van der Waals surface area (Å²) in [6.07, 6.45) is 1.64. The Kier molecular flexibility index (Phi) is 5.41. The average molecular weight is 423 g/mol. The molecule has 4 rings (SSSR count). The van der Waals surface area contributed by atoms with Gasteiger partial charge in [-0.2, -0.15) is 5.10 Å². The number of benzene rings is 2. The highest BCUT2D eigenvalue weighted by Gasteiger charge is 2.19. The van der Waals surface area contributed by atoms with Crippen molar-refractivity contribution in [1.82, 2.24) is 20.6 Å². The Morgan fingerprint density at radius 1 is 0.862 bits per heavy atom. The highest BCUT2D eigenvalue weighted by molar-refractivity contribution is 7.17. The molecule has 0 aliphatic heterocycles. The van der Waals surface area contributed by atoms with Crippen molar-refractivity contribution in [2.24, 2.45) is 0 Å². The Bertz CT molecular complexity index is 1160. The quantitative estimate of drug-likeness (QED) is 0.480. The lowest BCUT2D eigenvalue weighted by atomic mass is 10.1. The van der Waals surface area contributed by atoms with Gasteiger partial charge in [-0.3, -0.25) is 20.4 Å². The van der Waals surface area contributed by atoms with Crippen LogP contribution >= 0.6 is 22.9 Å². The van der Waals surface area contributed by atoms with Crippen LogP contribution in [0.3, 0.4) is 0 Å². The van der Waals surface area contributed by atoms with Crippen LogP contribution in [0, 0.1) is 0 Å². The molecule has 0 bridgehead atoms. The summed E-state index contributed by atoms with van der Waals surface area (Å²) in [5.74, 6) is -0.908. The van der Waals surface area contributed by atoms with Gasteiger partial charge in [0.1, 0.15) is 5.69 Å². The molecule has 144 valence electrons. The van der Waals surface area contributed by atoms with Crippen LogP contribution in [-0.2, 0) is 0 Å². The van der Waals surface area contributed by atoms with E-state index < -0.39 is 11.8 Å². The lowest BCUT2D eigenvalue weighted by Crippen LogP contribution is -2.41. The van der Waals surface area contributed by atoms with Gasteiger partial charge in [0.2, 0.25) is 0 Å². The molecule has 0 saturated carbocycles. The van der Waals surface area contributed by atoms with E-state index in [-0.39, 0.29) is 0 Å². The van der Waals surface area contributed by atoms with Gasteiger partial charge in [0.15, 0.2) is 0 Å². The first kappa shape index (κ1) is 18.9. The molecule has 2 N–H and O–H groups in total. The zero-order chi connectivity index (χ0) is 20.2. The number of halogens is 1. The lowest BCUT2D eigenvalue weighted by molar-refractivity contribution is 0.0849. The van der Waals surface area contributed by atoms with Crippen molar-refractivity contribution >= 4 is 34.8 Å². The molecular weight excluding hydrogens is 408 g/mol. The molecule has 2 aromatic heterocycles. The molecule has 2 amide bonds. The SMILES string of the molecule is O=C(NNC(=O)c1cn(-c2ccccc2)nc1-c1ccccc1)c1ccc(Cl)s1. The van der Waals surface area contributed by atoms with E-state index in [9.17, 15) is 9.59 Å². The minimum absolute atomic E-state index is 0.338. The zero-order valence-corrected chi connectivity index (χ0v) is 16.6. The molecule has 0 spiro atoms. The number of rotatable bonds is 4. The van der Waals surface area contributed by atoms with Gasteiger partial charge in [0, 0.05) is 11.8 Å². The van der Waals surface area contributed by atoms with E-state index in [1.165, 1.54) is 0 Å². The first-order valence-electron chi connectivity index (χ1n) is 8.68. The molecule has 0 atom stereocenters. The summed E-state index contributed by atoms with van der Waals surface area (Å²) in [7, 11) is 0. The second kappa shape index (κ2) is 8.30. The zero-order valence-electron chi connectivity index (χ0n) is 15.0. The van der Waals surface area contributed by atoms with Crippen molar-refractivity contribution in [2.75, 3.05) is 0 Å². The molecule has 29 heavy (non-hydrogen) atoms. The summed E-state index contributed by atoms with van der Waals surface area (Å²) in [6.45, 7) is 0. The Morgan fingerprint density at radius 3 is 2.17 bits per heavy atom. The maximum atomic E-state index is 12.8. The number of carbonyl (C=O) groups is 2. The Hall–Kier alpha value is -3.42. The Balaban J connectivity index is 1.62. The number of thiophene rings is 1. The van der Waals surface area contributed by atoms with Gasteiger partial charge in [-0.1, -0.05) is 60.1 Å². The van der Waals surface area contributed by atoms with Crippen LogP contribution in [0.5, 0.6) is 0 Å². The molecule has 0 aliphatic rings. The van der Waals surface area contributed by atoms with Gasteiger partial charge in [0.05, 0.1) is 20.5 Å². The summed E-state index contributed by atoms with van der Waals surface area (Å²) in [6, 6.07) is 22.1. The number of hydrogen-bond acceptors (Lipinski definition) is 4. The molecule has 0 radical (unpaired) electrons. The molecule has 0 fully saturated rings. The van der Waals surface area contributed by atoms with Crippen molar-refractivity contribution in [1.29, 1.82) is 0 Å². The highest BCUT2D eigenvalue weighted by atomic mass is 35.5. The maximum absolute atomic E-state index is 12.8. The van der Waals surface area contributed by atoms with Gasteiger partial charge >= 0.3 is 0 Å². The number of nitrogens with zero attached hydrogens (tertiary/aromatic N) is 2. The summed E-state index contributed by atoms with van der Waals surface area (Å²) in [4.78, 5) is 25.4. The first-order valence-corrected chi connectivity index (χ1v) is 9.88. The van der Waals surface area contributed by atoms with Crippen molar-refractivity contribution in [3.63, 3.8) is 0 Å². The Morgan fingerprint density at radius 2 is 1.52 bits per heavy atom. The smallest absolute Gasteiger partial charge is 0.267 e. The fraction of sp³-hybridized carbons (Fsp3) is 0. The van der Waals surface area contributed by atoms with E-state index in [2.05, 4.69) is 16.0 Å². The van der Waals surface area contributed by atoms with Crippen molar-refractivity contribution < 1.29 is 9.59 Å². The van der Waals surface area contributed by atoms with Crippen LogP contribution in [0.4, 0.5) is 0 Å². The first-order chi connectivity index (χ1) is 14.1. The van der Waals surface area contributed by atoms with E-state index in [1.807, 2.05) is 60.7 Å². The number of hydrogen-bond donors (Lipinski definition) is 2. The number of amides is 2. The van der Waals surface area contributed by atoms with Crippen molar-refractivity contribution in [3.8, 4) is 16.9 Å². The van der Waals surface area contributed by atoms with Crippen LogP contribution in [-0.4, -0.2) is 21.6 Å². The highest BCUT2D eigenvalue weighted by Crippen LogP contribution is 2.24. The topological polar surface area (TPSA) is 76.0 Å². The van der Waals surface area contributed by atoms with Crippen LogP contribution in [0.1, 0.15) is 20.0 Å². The monoisotopic (exact) mass is 422 g/mol. The summed E-state index contributed by atoms with van der Waals surface area (Å²) < 4.78 is 2.13. The van der Waals surface area contributed by atoms with Crippen molar-refractivity contribution in [2.45, 2.75) is 0 Å². The van der Waals surface area contributed by atoms with Gasteiger partial charge in [-0.25, -0.2) is 4.68 Å². The minimum atomic E-state index is -0.470. The fourth-order valence-corrected chi connectivity index (χ4v) is 3.68. The number of hydrazine groups is 1. The standard InChI is InChI=1S/C21H15ClN4O2S/c22-18-12-11-17(29-18)21(28)24-23-20(27)16-13-26(15-9-5-2-6-10-15)25-19(16)14-7-3-1-4-8-14/h1-13H,(H,23,27)(H,24,28). The summed E-state index contributed by atoms with van der Waals surface area (Å²) in [5.41, 5.74) is 7.33. The van der Waals surface area contributed by atoms with E-state index in [4.69, 9.17) is 11.6 Å². The Labute approximate surface area is 175 Å². The molecule has 2 heterocycles. The lowest BCUT2D eigenvalue weighted by Gasteiger charge is -2.06. The second-order valence-electron chi connectivity index (χ2n) is 6.05. The van der Waals surface area contributed by atoms with Crippen LogP contribution < -0.4 is 10.9 Å². The molecule has 0 unspecified atom stereocenters. The van der Waals surface area contributed by atoms with E-state index in [0.717, 1.165) is 22.6 Å². The molecule has 8 heteroatoms. The van der Waals surface area contributed by atoms with E-state index in [0.29, 0.717) is 20.5 Å². The number of aromatic nitrogens is 2. The molecule has 4 aromatic rings. The third-order valence-corrected chi connectivity index (χ3v) is 5.34. The van der Waals surface area contributed by atoms with Crippen molar-refractivity contribution in [3.05, 3.63) is 93.8 Å². The average Bonchev–Trinajstić information content (AvgIpc) is 3.40.